The molecule has 1 saturated heterocycles. The van der Waals surface area contributed by atoms with E-state index in [2.05, 4.69) is 25.7 Å². The molecule has 4 heterocycles. The highest BCUT2D eigenvalue weighted by molar-refractivity contribution is 8.01. The van der Waals surface area contributed by atoms with E-state index >= 15 is 0 Å². The van der Waals surface area contributed by atoms with E-state index in [1.54, 1.807) is 6.07 Å². The second-order valence-corrected chi connectivity index (χ2v) is 13.5. The van der Waals surface area contributed by atoms with Crippen molar-refractivity contribution in [3.05, 3.63) is 40.5 Å². The molecule has 2 aliphatic rings. The topological polar surface area (TPSA) is 226 Å². The van der Waals surface area contributed by atoms with Crippen molar-refractivity contribution in [2.75, 3.05) is 24.3 Å². The number of carboxylic acids is 1. The number of carbonyl (C=O) groups excluding carboxylic acids is 4. The van der Waals surface area contributed by atoms with E-state index in [9.17, 15) is 29.1 Å². The van der Waals surface area contributed by atoms with E-state index in [1.165, 1.54) is 73.3 Å². The van der Waals surface area contributed by atoms with Crippen molar-refractivity contribution in [3.63, 3.8) is 0 Å². The van der Waals surface area contributed by atoms with Gasteiger partial charge in [-0.3, -0.25) is 24.1 Å². The summed E-state index contributed by atoms with van der Waals surface area (Å²) >= 11 is 4.87. The Kier molecular flexibility index (Phi) is 9.89. The predicted octanol–water partition coefficient (Wildman–Crippen LogP) is 1.98. The minimum atomic E-state index is -1.28. The van der Waals surface area contributed by atoms with Crippen LogP contribution in [0.1, 0.15) is 19.5 Å². The summed E-state index contributed by atoms with van der Waals surface area (Å²) in [6, 6.07) is 3.61. The van der Waals surface area contributed by atoms with Gasteiger partial charge in [0.2, 0.25) is 0 Å². The van der Waals surface area contributed by atoms with Crippen LogP contribution in [0.5, 0.6) is 11.5 Å². The monoisotopic (exact) mass is 705 g/mol. The van der Waals surface area contributed by atoms with Crippen LogP contribution in [0.3, 0.4) is 0 Å². The molecule has 0 aliphatic carbocycles. The molecule has 4 N–H and O–H groups in total. The minimum absolute atomic E-state index is 0.0402. The third-order valence-electron chi connectivity index (χ3n) is 6.17. The number of fused-ring (bicyclic) bond motifs is 1. The Morgan fingerprint density at radius 3 is 2.57 bits per heavy atom. The number of aliphatic carboxylic acids is 1. The summed E-state index contributed by atoms with van der Waals surface area (Å²) < 4.78 is 10.8. The number of nitrogen functional groups attached to an aromatic ring is 1. The van der Waals surface area contributed by atoms with Gasteiger partial charge in [-0.05, 0) is 23.8 Å². The summed E-state index contributed by atoms with van der Waals surface area (Å²) in [7, 11) is 1.26. The van der Waals surface area contributed by atoms with E-state index in [4.69, 9.17) is 20.0 Å². The van der Waals surface area contributed by atoms with Crippen LogP contribution in [0, 0.1) is 0 Å². The lowest BCUT2D eigenvalue weighted by Crippen LogP contribution is -2.71. The molecule has 1 fully saturated rings. The van der Waals surface area contributed by atoms with Gasteiger partial charge in [-0.2, -0.15) is 0 Å². The summed E-state index contributed by atoms with van der Waals surface area (Å²) in [5.41, 5.74) is 6.56. The first kappa shape index (κ1) is 32.9. The molecule has 2 aliphatic heterocycles. The Hall–Kier alpha value is -4.53. The molecule has 1 aromatic carbocycles. The van der Waals surface area contributed by atoms with Crippen LogP contribution in [0.15, 0.2) is 44.3 Å². The van der Waals surface area contributed by atoms with Crippen molar-refractivity contribution in [3.8, 4) is 22.1 Å². The van der Waals surface area contributed by atoms with Crippen molar-refractivity contribution in [2.45, 2.75) is 29.6 Å². The number of amides is 2. The van der Waals surface area contributed by atoms with Crippen LogP contribution in [0.2, 0.25) is 0 Å². The number of anilines is 1. The molecule has 0 saturated carbocycles. The molecule has 20 heteroatoms. The first-order valence-electron chi connectivity index (χ1n) is 13.0. The SMILES string of the molecule is CON=C(C(=O)N[C@@H]1C(=O)N2C(C(=O)O)=C(CSc3nnc(-c4ccc(OC(C)=O)c(OC(C)=O)c4)s3)CS[C@@H]12)c1csc(N)n1. The minimum Gasteiger partial charge on any atom is -0.477 e. The average Bonchev–Trinajstić information content (AvgIpc) is 3.66. The number of thiazole rings is 1. The second kappa shape index (κ2) is 13.8. The molecule has 16 nitrogen and oxygen atoms in total. The maximum atomic E-state index is 13.1. The van der Waals surface area contributed by atoms with E-state index in [-0.39, 0.29) is 45.2 Å². The molecule has 2 amide bonds. The molecule has 5 rings (SSSR count). The molecule has 46 heavy (non-hydrogen) atoms. The van der Waals surface area contributed by atoms with Crippen molar-refractivity contribution >= 4 is 86.8 Å². The van der Waals surface area contributed by atoms with Crippen molar-refractivity contribution in [1.29, 1.82) is 0 Å². The number of oxime groups is 1. The Morgan fingerprint density at radius 1 is 1.17 bits per heavy atom. The highest BCUT2D eigenvalue weighted by atomic mass is 32.2. The quantitative estimate of drug-likeness (QED) is 0.0647. The summed E-state index contributed by atoms with van der Waals surface area (Å²) in [6.45, 7) is 2.44. The van der Waals surface area contributed by atoms with Gasteiger partial charge >= 0.3 is 17.9 Å². The lowest BCUT2D eigenvalue weighted by molar-refractivity contribution is -0.150. The Bertz CT molecular complexity index is 1800. The fraction of sp³-hybridized carbons (Fsp3) is 0.269. The van der Waals surface area contributed by atoms with Crippen LogP contribution in [-0.4, -0.2) is 90.7 Å². The van der Waals surface area contributed by atoms with Gasteiger partial charge in [0.25, 0.3) is 11.8 Å². The number of hydrogen-bond donors (Lipinski definition) is 3. The van der Waals surface area contributed by atoms with Crippen molar-refractivity contribution in [1.82, 2.24) is 25.4 Å². The standard InChI is InChI=1S/C26H23N7O9S4/c1-10(34)41-15-5-4-12(6-16(15)42-11(2)35)21-30-31-26(46-21)45-8-13-7-43-23-18(22(37)33(23)19(13)24(38)39)29-20(36)17(32-40-3)14-9-44-25(27)28-14/h4-6,9,18,23H,7-8H2,1-3H3,(H2,27,28)(H,29,36)(H,38,39)/t18-,23+/m1/s1. The number of benzene rings is 1. The summed E-state index contributed by atoms with van der Waals surface area (Å²) in [5, 5.41) is 26.3. The third kappa shape index (κ3) is 6.98. The van der Waals surface area contributed by atoms with Crippen molar-refractivity contribution in [2.24, 2.45) is 5.16 Å². The van der Waals surface area contributed by atoms with Gasteiger partial charge in [0.1, 0.15) is 34.9 Å². The van der Waals surface area contributed by atoms with E-state index < -0.39 is 41.1 Å². The molecule has 0 bridgehead atoms. The number of thioether (sulfide) groups is 2. The zero-order valence-corrected chi connectivity index (χ0v) is 27.3. The van der Waals surface area contributed by atoms with Gasteiger partial charge < -0.3 is 30.5 Å². The van der Waals surface area contributed by atoms with Gasteiger partial charge in [0, 0.05) is 36.3 Å². The van der Waals surface area contributed by atoms with Gasteiger partial charge in [-0.25, -0.2) is 9.78 Å². The van der Waals surface area contributed by atoms with Crippen LogP contribution in [0.25, 0.3) is 10.6 Å². The van der Waals surface area contributed by atoms with Gasteiger partial charge in [0.15, 0.2) is 26.7 Å². The van der Waals surface area contributed by atoms with Crippen LogP contribution in [-0.2, 0) is 28.8 Å². The molecule has 0 spiro atoms. The second-order valence-electron chi connectivity index (χ2n) is 9.32. The molecular formula is C26H23N7O9S4. The Morgan fingerprint density at radius 2 is 1.91 bits per heavy atom. The predicted molar refractivity (Wildman–Crippen MR) is 168 cm³/mol. The molecule has 240 valence electrons. The number of nitrogens with two attached hydrogens (primary N) is 1. The number of ether oxygens (including phenoxy) is 2. The molecule has 3 aromatic rings. The van der Waals surface area contributed by atoms with Crippen LogP contribution >= 0.6 is 46.2 Å². The normalized spacial score (nSPS) is 17.6. The zero-order valence-electron chi connectivity index (χ0n) is 24.0. The summed E-state index contributed by atoms with van der Waals surface area (Å²) in [4.78, 5) is 71.3. The van der Waals surface area contributed by atoms with Gasteiger partial charge in [0.05, 0.1) is 0 Å². The Balaban J connectivity index is 1.28. The molecule has 2 aromatic heterocycles. The molecule has 0 radical (unpaired) electrons. The number of rotatable bonds is 11. The number of carboxylic acid groups (broad SMARTS) is 1. The smallest absolute Gasteiger partial charge is 0.352 e. The number of β-lactam (4-membered cyclic amide) rings is 1. The van der Waals surface area contributed by atoms with E-state index in [1.807, 2.05) is 0 Å². The first-order chi connectivity index (χ1) is 22.0. The number of aromatic nitrogens is 3. The summed E-state index contributed by atoms with van der Waals surface area (Å²) in [5.74, 6) is -3.16. The van der Waals surface area contributed by atoms with E-state index in [0.717, 1.165) is 16.2 Å². The maximum absolute atomic E-state index is 13.1. The lowest BCUT2D eigenvalue weighted by Gasteiger charge is -2.49. The van der Waals surface area contributed by atoms with Crippen LogP contribution < -0.4 is 20.5 Å². The average molecular weight is 706 g/mol. The fourth-order valence-electron chi connectivity index (χ4n) is 4.34. The fourth-order valence-corrected chi connectivity index (χ4v) is 8.23. The number of hydrogen-bond acceptors (Lipinski definition) is 17. The maximum Gasteiger partial charge on any atom is 0.352 e. The van der Waals surface area contributed by atoms with Crippen LogP contribution in [0.4, 0.5) is 5.13 Å². The molecule has 2 atom stereocenters. The largest absolute Gasteiger partial charge is 0.477 e. The third-order valence-corrected chi connectivity index (χ3v) is 10.4. The highest BCUT2D eigenvalue weighted by Crippen LogP contribution is 2.42. The number of nitrogens with one attached hydrogen (secondary N) is 1. The molecule has 0 unspecified atom stereocenters. The van der Waals surface area contributed by atoms with Crippen molar-refractivity contribution < 1.29 is 43.4 Å². The van der Waals surface area contributed by atoms with E-state index in [0.29, 0.717) is 20.5 Å². The number of carbonyl (C=O) groups is 5. The zero-order chi connectivity index (χ0) is 33.1. The highest BCUT2D eigenvalue weighted by Gasteiger charge is 2.54. The summed E-state index contributed by atoms with van der Waals surface area (Å²) in [6.07, 6.45) is 0. The van der Waals surface area contributed by atoms with Gasteiger partial charge in [-0.1, -0.05) is 28.3 Å². The number of esters is 2. The lowest BCUT2D eigenvalue weighted by atomic mass is 10.0. The Labute approximate surface area is 276 Å². The molecular weight excluding hydrogens is 683 g/mol. The first-order valence-corrected chi connectivity index (χ1v) is 16.7. The van der Waals surface area contributed by atoms with Gasteiger partial charge in [-0.15, -0.1) is 33.3 Å². The number of nitrogens with zero attached hydrogens (tertiary/aromatic N) is 5.